The van der Waals surface area contributed by atoms with Gasteiger partial charge in [0.05, 0.1) is 53.0 Å². The van der Waals surface area contributed by atoms with Gasteiger partial charge in [0.15, 0.2) is 5.82 Å². The number of aromatic nitrogens is 3. The molecule has 9 heterocycles. The number of imide groups is 1. The van der Waals surface area contributed by atoms with E-state index in [1.165, 1.54) is 12.1 Å². The average Bonchev–Trinajstić information content (AvgIpc) is 3.86. The summed E-state index contributed by atoms with van der Waals surface area (Å²) < 4.78 is 73.1. The summed E-state index contributed by atoms with van der Waals surface area (Å²) in [6.07, 6.45) is 14.6. The van der Waals surface area contributed by atoms with E-state index >= 15 is 13.2 Å². The summed E-state index contributed by atoms with van der Waals surface area (Å²) in [4.78, 5) is 60.8. The molecule has 18 heteroatoms. The number of likely N-dealkylation sites (tertiary alicyclic amines) is 1. The predicted octanol–water partition coefficient (Wildman–Crippen LogP) is 7.97. The molecule has 392 valence electrons. The van der Waals surface area contributed by atoms with E-state index in [1.807, 2.05) is 12.1 Å². The van der Waals surface area contributed by atoms with Gasteiger partial charge in [0.2, 0.25) is 11.8 Å². The Morgan fingerprint density at radius 1 is 0.853 bits per heavy atom. The molecule has 0 saturated carbocycles. The van der Waals surface area contributed by atoms with Crippen molar-refractivity contribution >= 4 is 51.1 Å². The van der Waals surface area contributed by atoms with Crippen LogP contribution in [0, 0.1) is 29.8 Å². The van der Waals surface area contributed by atoms with E-state index in [9.17, 15) is 14.4 Å². The molecule has 0 aliphatic carbocycles. The standard InChI is InChI=1S/C57H61F3N8O7/c1-2-40-44(58)13-8-34-6-3-7-43(48(34)40)51-50(60)52-49-46(61-51)14-10-36-31-72-29-5-23-67(36)53(49)64-55(63-52)74-33-57-21-4-24-68(57)37(16-22-57)32-73-56(71)66-27-19-39(20-28-66)75-38-17-25-65(26-18-38)35-9-11-41(45(59)30-35)42-12-15-47(69)62-54(42)70/h1,3,6-9,11,13,30,36-39,42H,4-5,10,12,14-29,31-33H2,(H,62,69,70)/t36-,37-,42?,57-/m0/s1. The maximum Gasteiger partial charge on any atom is 0.409 e. The molecule has 1 unspecified atom stereocenters. The van der Waals surface area contributed by atoms with Gasteiger partial charge in [-0.25, -0.2) is 22.9 Å². The summed E-state index contributed by atoms with van der Waals surface area (Å²) in [5.41, 5.74) is 1.97. The molecule has 6 fully saturated rings. The highest BCUT2D eigenvalue weighted by atomic mass is 19.1. The van der Waals surface area contributed by atoms with Gasteiger partial charge in [-0.2, -0.15) is 9.97 Å². The van der Waals surface area contributed by atoms with Gasteiger partial charge in [0.25, 0.3) is 0 Å². The number of anilines is 2. The molecule has 75 heavy (non-hydrogen) atoms. The van der Waals surface area contributed by atoms with Crippen LogP contribution in [0.15, 0.2) is 48.5 Å². The first-order valence-electron chi connectivity index (χ1n) is 26.8. The minimum Gasteiger partial charge on any atom is -0.461 e. The third kappa shape index (κ3) is 9.39. The molecule has 3 aromatic carbocycles. The number of nitrogens with zero attached hydrogens (tertiary/aromatic N) is 7. The number of hydrogen-bond acceptors (Lipinski definition) is 13. The maximum absolute atomic E-state index is 17.4. The Morgan fingerprint density at radius 3 is 2.48 bits per heavy atom. The molecule has 5 aromatic rings. The number of terminal acetylenes is 1. The lowest BCUT2D eigenvalue weighted by atomic mass is 9.90. The molecule has 7 aliphatic rings. The topological polar surface area (TPSA) is 152 Å². The van der Waals surface area contributed by atoms with Crippen molar-refractivity contribution in [1.82, 2.24) is 30.1 Å². The molecular formula is C57H61F3N8O7. The summed E-state index contributed by atoms with van der Waals surface area (Å²) in [5, 5.41) is 3.94. The first kappa shape index (κ1) is 49.3. The zero-order chi connectivity index (χ0) is 51.4. The molecule has 3 amide bonds. The number of nitrogens with one attached hydrogen (secondary N) is 1. The van der Waals surface area contributed by atoms with Gasteiger partial charge < -0.3 is 33.6 Å². The Kier molecular flexibility index (Phi) is 13.5. The van der Waals surface area contributed by atoms with Gasteiger partial charge in [-0.15, -0.1) is 6.42 Å². The van der Waals surface area contributed by atoms with Crippen molar-refractivity contribution in [3.05, 3.63) is 82.8 Å². The Hall–Kier alpha value is -6.55. The fourth-order valence-electron chi connectivity index (χ4n) is 13.1. The third-order valence-corrected chi connectivity index (χ3v) is 17.0. The number of piperidine rings is 3. The minimum atomic E-state index is -0.667. The highest BCUT2D eigenvalue weighted by Gasteiger charge is 2.50. The number of hydrogen-bond donors (Lipinski definition) is 1. The highest BCUT2D eigenvalue weighted by molar-refractivity contribution is 6.03. The second kappa shape index (κ2) is 20.5. The van der Waals surface area contributed by atoms with Crippen LogP contribution < -0.4 is 19.9 Å². The number of rotatable bonds is 10. The van der Waals surface area contributed by atoms with Crippen molar-refractivity contribution in [3.8, 4) is 29.6 Å². The molecular weight excluding hydrogens is 966 g/mol. The number of pyridine rings is 1. The van der Waals surface area contributed by atoms with Gasteiger partial charge in [0.1, 0.15) is 41.9 Å². The molecule has 0 radical (unpaired) electrons. The van der Waals surface area contributed by atoms with Crippen LogP contribution in [0.2, 0.25) is 0 Å². The van der Waals surface area contributed by atoms with Crippen LogP contribution in [0.1, 0.15) is 99.8 Å². The van der Waals surface area contributed by atoms with Crippen LogP contribution in [0.5, 0.6) is 6.01 Å². The number of amides is 3. The molecule has 0 bridgehead atoms. The molecule has 4 atom stereocenters. The summed E-state index contributed by atoms with van der Waals surface area (Å²) in [6.45, 7) is 5.64. The largest absolute Gasteiger partial charge is 0.461 e. The van der Waals surface area contributed by atoms with Crippen molar-refractivity contribution in [2.24, 2.45) is 0 Å². The van der Waals surface area contributed by atoms with Crippen LogP contribution in [0.25, 0.3) is 32.9 Å². The maximum atomic E-state index is 17.4. The number of carbonyl (C=O) groups excluding carboxylic acids is 3. The number of halogens is 3. The normalized spacial score (nSPS) is 24.7. The Morgan fingerprint density at radius 2 is 1.68 bits per heavy atom. The Bertz CT molecular complexity index is 3100. The smallest absolute Gasteiger partial charge is 0.409 e. The van der Waals surface area contributed by atoms with Crippen molar-refractivity contribution in [1.29, 1.82) is 0 Å². The van der Waals surface area contributed by atoms with Gasteiger partial charge in [-0.1, -0.05) is 36.3 Å². The van der Waals surface area contributed by atoms with E-state index in [2.05, 4.69) is 25.9 Å². The molecule has 7 aliphatic heterocycles. The highest BCUT2D eigenvalue weighted by Crippen LogP contribution is 2.45. The number of benzene rings is 3. The summed E-state index contributed by atoms with van der Waals surface area (Å²) in [5.74, 6) is -0.0417. The molecule has 0 spiro atoms. The monoisotopic (exact) mass is 1030 g/mol. The van der Waals surface area contributed by atoms with E-state index in [4.69, 9.17) is 40.3 Å². The van der Waals surface area contributed by atoms with E-state index in [1.54, 1.807) is 29.2 Å². The summed E-state index contributed by atoms with van der Waals surface area (Å²) >= 11 is 0. The SMILES string of the molecule is C#Cc1c(F)ccc2cccc(-c3nc4c5c(nc(OC[C@@]67CCCN6[C@H](COC(=O)N6CCC(OC8CCN(c9ccc(C%10CCC(=O)NC%10=O)c(F)c9)CC8)CC6)CC7)nc5c3F)N3CCCOC[C@@H]3CC4)c12. The number of fused-ring (bicyclic) bond motifs is 4. The first-order valence-corrected chi connectivity index (χ1v) is 26.8. The molecule has 12 rings (SSSR count). The van der Waals surface area contributed by atoms with Crippen molar-refractivity contribution in [2.45, 2.75) is 119 Å². The first-order chi connectivity index (χ1) is 36.5. The molecule has 1 N–H and O–H groups in total. The number of ether oxygens (including phenoxy) is 4. The quantitative estimate of drug-likeness (QED) is 0.107. The fourth-order valence-corrected chi connectivity index (χ4v) is 13.1. The van der Waals surface area contributed by atoms with Crippen molar-refractivity contribution in [3.63, 3.8) is 0 Å². The van der Waals surface area contributed by atoms with E-state index in [-0.39, 0.29) is 84.3 Å². The lowest BCUT2D eigenvalue weighted by molar-refractivity contribution is -0.134. The van der Waals surface area contributed by atoms with Crippen LogP contribution >= 0.6 is 0 Å². The zero-order valence-corrected chi connectivity index (χ0v) is 42.0. The molecule has 6 saturated heterocycles. The summed E-state index contributed by atoms with van der Waals surface area (Å²) in [7, 11) is 0. The van der Waals surface area contributed by atoms with Crippen LogP contribution in [-0.4, -0.2) is 138 Å². The van der Waals surface area contributed by atoms with E-state index in [0.29, 0.717) is 117 Å². The number of carbonyl (C=O) groups is 3. The average molecular weight is 1030 g/mol. The summed E-state index contributed by atoms with van der Waals surface area (Å²) in [6, 6.07) is 13.4. The fraction of sp³-hybridized carbons (Fsp3) is 0.509. The predicted molar refractivity (Wildman–Crippen MR) is 274 cm³/mol. The molecule has 15 nitrogen and oxygen atoms in total. The van der Waals surface area contributed by atoms with Gasteiger partial charge >= 0.3 is 12.1 Å². The Labute approximate surface area is 433 Å². The molecule has 2 aromatic heterocycles. The van der Waals surface area contributed by atoms with Gasteiger partial charge in [-0.05, 0) is 107 Å². The lowest BCUT2D eigenvalue weighted by Gasteiger charge is -2.38. The minimum absolute atomic E-state index is 0.0127. The second-order valence-electron chi connectivity index (χ2n) is 21.4. The van der Waals surface area contributed by atoms with Crippen LogP contribution in [-0.2, 0) is 30.2 Å². The van der Waals surface area contributed by atoms with Gasteiger partial charge in [-0.3, -0.25) is 19.8 Å². The third-order valence-electron chi connectivity index (χ3n) is 17.0. The lowest BCUT2D eigenvalue weighted by Crippen LogP contribution is -2.49. The van der Waals surface area contributed by atoms with E-state index in [0.717, 1.165) is 57.2 Å². The zero-order valence-electron chi connectivity index (χ0n) is 42.0. The second-order valence-corrected chi connectivity index (χ2v) is 21.4. The van der Waals surface area contributed by atoms with Crippen molar-refractivity contribution < 1.29 is 46.5 Å². The van der Waals surface area contributed by atoms with Crippen LogP contribution in [0.4, 0.5) is 29.5 Å². The van der Waals surface area contributed by atoms with Crippen LogP contribution in [0.3, 0.4) is 0 Å². The van der Waals surface area contributed by atoms with Crippen molar-refractivity contribution in [2.75, 3.05) is 75.5 Å². The number of aryl methyl sites for hydroxylation is 1. The van der Waals surface area contributed by atoms with Gasteiger partial charge in [0, 0.05) is 74.0 Å². The van der Waals surface area contributed by atoms with E-state index < -0.39 is 29.3 Å². The Balaban J connectivity index is 0.674.